The second-order valence-corrected chi connectivity index (χ2v) is 4.43. The molecule has 0 radical (unpaired) electrons. The van der Waals surface area contributed by atoms with Crippen molar-refractivity contribution in [3.63, 3.8) is 0 Å². The third kappa shape index (κ3) is 2.36. The standard InChI is InChI=1S/C10H19NO2/c1-7(2)5-11-9(8(3)4)6-13-10(11)12/h7-9H,5-6H2,1-4H3/t9-/m0/s1. The normalized spacial score (nSPS) is 23.1. The molecule has 1 heterocycles. The van der Waals surface area contributed by atoms with Gasteiger partial charge in [0, 0.05) is 6.54 Å². The lowest BCUT2D eigenvalue weighted by atomic mass is 10.0. The summed E-state index contributed by atoms with van der Waals surface area (Å²) in [4.78, 5) is 13.2. The smallest absolute Gasteiger partial charge is 0.410 e. The van der Waals surface area contributed by atoms with Gasteiger partial charge in [-0.05, 0) is 11.8 Å². The van der Waals surface area contributed by atoms with Crippen molar-refractivity contribution < 1.29 is 9.53 Å². The number of cyclic esters (lactones) is 1. The van der Waals surface area contributed by atoms with Crippen molar-refractivity contribution in [2.45, 2.75) is 33.7 Å². The van der Waals surface area contributed by atoms with Crippen LogP contribution in [0.3, 0.4) is 0 Å². The largest absolute Gasteiger partial charge is 0.447 e. The van der Waals surface area contributed by atoms with E-state index < -0.39 is 0 Å². The summed E-state index contributed by atoms with van der Waals surface area (Å²) in [5.74, 6) is 0.983. The highest BCUT2D eigenvalue weighted by atomic mass is 16.6. The Morgan fingerprint density at radius 3 is 2.54 bits per heavy atom. The van der Waals surface area contributed by atoms with Gasteiger partial charge in [0.2, 0.25) is 0 Å². The fraction of sp³-hybridized carbons (Fsp3) is 0.900. The third-order valence-electron chi connectivity index (χ3n) is 2.34. The van der Waals surface area contributed by atoms with Gasteiger partial charge in [-0.25, -0.2) is 4.79 Å². The first-order chi connectivity index (χ1) is 6.02. The van der Waals surface area contributed by atoms with Crippen molar-refractivity contribution in [2.75, 3.05) is 13.2 Å². The first-order valence-corrected chi connectivity index (χ1v) is 4.95. The van der Waals surface area contributed by atoms with E-state index >= 15 is 0 Å². The molecular formula is C10H19NO2. The van der Waals surface area contributed by atoms with Crippen LogP contribution in [0.2, 0.25) is 0 Å². The van der Waals surface area contributed by atoms with Crippen LogP contribution < -0.4 is 0 Å². The predicted molar refractivity (Wildman–Crippen MR) is 51.5 cm³/mol. The zero-order chi connectivity index (χ0) is 10.0. The summed E-state index contributed by atoms with van der Waals surface area (Å²) in [6, 6.07) is 0.273. The number of carbonyl (C=O) groups excluding carboxylic acids is 1. The molecule has 0 bridgehead atoms. The highest BCUT2D eigenvalue weighted by Crippen LogP contribution is 2.20. The summed E-state index contributed by atoms with van der Waals surface area (Å²) in [7, 11) is 0. The maximum atomic E-state index is 11.3. The first-order valence-electron chi connectivity index (χ1n) is 4.95. The monoisotopic (exact) mass is 185 g/mol. The molecular weight excluding hydrogens is 166 g/mol. The number of carbonyl (C=O) groups is 1. The van der Waals surface area contributed by atoms with Gasteiger partial charge in [0.25, 0.3) is 0 Å². The summed E-state index contributed by atoms with van der Waals surface area (Å²) in [6.07, 6.45) is -0.146. The van der Waals surface area contributed by atoms with E-state index in [0.717, 1.165) is 6.54 Å². The van der Waals surface area contributed by atoms with Crippen LogP contribution in [0.5, 0.6) is 0 Å². The Morgan fingerprint density at radius 2 is 2.08 bits per heavy atom. The Balaban J connectivity index is 2.60. The van der Waals surface area contributed by atoms with Crippen LogP contribution in [0, 0.1) is 11.8 Å². The van der Waals surface area contributed by atoms with Crippen molar-refractivity contribution in [1.82, 2.24) is 4.90 Å². The van der Waals surface area contributed by atoms with Gasteiger partial charge in [-0.1, -0.05) is 27.7 Å². The molecule has 0 aromatic carbocycles. The van der Waals surface area contributed by atoms with E-state index in [1.807, 2.05) is 4.90 Å². The van der Waals surface area contributed by atoms with Crippen LogP contribution in [-0.4, -0.2) is 30.2 Å². The van der Waals surface area contributed by atoms with Gasteiger partial charge in [-0.2, -0.15) is 0 Å². The lowest BCUT2D eigenvalue weighted by Crippen LogP contribution is -2.39. The van der Waals surface area contributed by atoms with E-state index in [4.69, 9.17) is 4.74 Å². The van der Waals surface area contributed by atoms with E-state index in [0.29, 0.717) is 18.4 Å². The van der Waals surface area contributed by atoms with Gasteiger partial charge in [-0.15, -0.1) is 0 Å². The van der Waals surface area contributed by atoms with Crippen molar-refractivity contribution >= 4 is 6.09 Å². The maximum absolute atomic E-state index is 11.3. The van der Waals surface area contributed by atoms with Crippen LogP contribution in [0.1, 0.15) is 27.7 Å². The first kappa shape index (κ1) is 10.4. The molecule has 0 saturated carbocycles. The number of hydrogen-bond acceptors (Lipinski definition) is 2. The number of amides is 1. The average molecular weight is 185 g/mol. The van der Waals surface area contributed by atoms with Crippen LogP contribution in [0.4, 0.5) is 4.79 Å². The van der Waals surface area contributed by atoms with Crippen molar-refractivity contribution in [3.05, 3.63) is 0 Å². The number of nitrogens with zero attached hydrogens (tertiary/aromatic N) is 1. The molecule has 1 saturated heterocycles. The molecule has 1 amide bonds. The van der Waals surface area contributed by atoms with Gasteiger partial charge in [0.05, 0.1) is 6.04 Å². The topological polar surface area (TPSA) is 29.5 Å². The summed E-state index contributed by atoms with van der Waals surface area (Å²) in [5, 5.41) is 0. The van der Waals surface area contributed by atoms with Gasteiger partial charge >= 0.3 is 6.09 Å². The Hall–Kier alpha value is -0.730. The minimum absolute atomic E-state index is 0.146. The second kappa shape index (κ2) is 3.99. The minimum Gasteiger partial charge on any atom is -0.447 e. The van der Waals surface area contributed by atoms with Gasteiger partial charge < -0.3 is 9.64 Å². The molecule has 3 nitrogen and oxygen atoms in total. The molecule has 1 fully saturated rings. The van der Waals surface area contributed by atoms with Gasteiger partial charge in [0.1, 0.15) is 6.61 Å². The summed E-state index contributed by atoms with van der Waals surface area (Å²) < 4.78 is 5.03. The number of ether oxygens (including phenoxy) is 1. The highest BCUT2D eigenvalue weighted by molar-refractivity contribution is 5.70. The molecule has 76 valence electrons. The van der Waals surface area contributed by atoms with Crippen LogP contribution in [-0.2, 0) is 4.74 Å². The number of hydrogen-bond donors (Lipinski definition) is 0. The zero-order valence-corrected chi connectivity index (χ0v) is 8.91. The molecule has 3 heteroatoms. The lowest BCUT2D eigenvalue weighted by Gasteiger charge is -2.25. The lowest BCUT2D eigenvalue weighted by molar-refractivity contribution is 0.152. The van der Waals surface area contributed by atoms with E-state index in [9.17, 15) is 4.79 Å². The molecule has 0 aliphatic carbocycles. The predicted octanol–water partition coefficient (Wildman–Crippen LogP) is 2.12. The molecule has 1 rings (SSSR count). The average Bonchev–Trinajstić information content (AvgIpc) is 2.32. The molecule has 0 spiro atoms. The Bertz CT molecular complexity index is 189. The fourth-order valence-electron chi connectivity index (χ4n) is 1.62. The summed E-state index contributed by atoms with van der Waals surface area (Å²) >= 11 is 0. The van der Waals surface area contributed by atoms with Gasteiger partial charge in [-0.3, -0.25) is 0 Å². The van der Waals surface area contributed by atoms with E-state index in [2.05, 4.69) is 27.7 Å². The van der Waals surface area contributed by atoms with E-state index in [1.165, 1.54) is 0 Å². The van der Waals surface area contributed by atoms with Crippen LogP contribution in [0.15, 0.2) is 0 Å². The van der Waals surface area contributed by atoms with E-state index in [-0.39, 0.29) is 12.1 Å². The molecule has 1 aliphatic rings. The SMILES string of the molecule is CC(C)CN1C(=O)OC[C@H]1C(C)C. The third-order valence-corrected chi connectivity index (χ3v) is 2.34. The maximum Gasteiger partial charge on any atom is 0.410 e. The molecule has 0 unspecified atom stereocenters. The summed E-state index contributed by atoms with van der Waals surface area (Å²) in [5.41, 5.74) is 0. The minimum atomic E-state index is -0.146. The molecule has 13 heavy (non-hydrogen) atoms. The van der Waals surface area contributed by atoms with E-state index in [1.54, 1.807) is 0 Å². The quantitative estimate of drug-likeness (QED) is 0.674. The molecule has 0 aromatic heterocycles. The van der Waals surface area contributed by atoms with Crippen LogP contribution >= 0.6 is 0 Å². The van der Waals surface area contributed by atoms with Crippen LogP contribution in [0.25, 0.3) is 0 Å². The van der Waals surface area contributed by atoms with Crippen molar-refractivity contribution in [2.24, 2.45) is 11.8 Å². The molecule has 0 aromatic rings. The highest BCUT2D eigenvalue weighted by Gasteiger charge is 2.34. The Kier molecular flexibility index (Phi) is 3.17. The van der Waals surface area contributed by atoms with Crippen molar-refractivity contribution in [3.8, 4) is 0 Å². The Labute approximate surface area is 80.1 Å². The summed E-state index contributed by atoms with van der Waals surface area (Å²) in [6.45, 7) is 9.84. The zero-order valence-electron chi connectivity index (χ0n) is 8.91. The Morgan fingerprint density at radius 1 is 1.46 bits per heavy atom. The number of rotatable bonds is 3. The molecule has 1 atom stereocenters. The second-order valence-electron chi connectivity index (χ2n) is 4.43. The fourth-order valence-corrected chi connectivity index (χ4v) is 1.62. The van der Waals surface area contributed by atoms with Gasteiger partial charge in [0.15, 0.2) is 0 Å². The molecule has 0 N–H and O–H groups in total. The molecule has 1 aliphatic heterocycles. The van der Waals surface area contributed by atoms with Crippen molar-refractivity contribution in [1.29, 1.82) is 0 Å².